The van der Waals surface area contributed by atoms with Crippen LogP contribution >= 0.6 is 0 Å². The van der Waals surface area contributed by atoms with Crippen molar-refractivity contribution in [2.45, 2.75) is 39.2 Å². The normalized spacial score (nSPS) is 17.8. The van der Waals surface area contributed by atoms with Crippen LogP contribution in [0, 0.1) is 25.6 Å². The fourth-order valence-corrected chi connectivity index (χ4v) is 5.13. The number of carbonyl (C=O) groups excluding carboxylic acids is 2. The van der Waals surface area contributed by atoms with Crippen molar-refractivity contribution in [3.63, 3.8) is 0 Å². The lowest BCUT2D eigenvalue weighted by Gasteiger charge is -2.38. The minimum Gasteiger partial charge on any atom is -0.481 e. The molecule has 37 heavy (non-hydrogen) atoms. The fourth-order valence-electron chi connectivity index (χ4n) is 5.13. The molecule has 1 saturated heterocycles. The summed E-state index contributed by atoms with van der Waals surface area (Å²) in [6.45, 7) is 4.50. The van der Waals surface area contributed by atoms with Crippen molar-refractivity contribution in [1.82, 2.24) is 25.1 Å². The Bertz CT molecular complexity index is 1490. The molecule has 2 atom stereocenters. The number of likely N-dealkylation sites (tertiary alicyclic amines) is 1. The number of hydrogen-bond acceptors (Lipinski definition) is 5. The van der Waals surface area contributed by atoms with Gasteiger partial charge in [0.1, 0.15) is 5.69 Å². The van der Waals surface area contributed by atoms with Crippen LogP contribution in [0.3, 0.4) is 0 Å². The summed E-state index contributed by atoms with van der Waals surface area (Å²) in [7, 11) is 1.44. The standard InChI is InChI=1S/C27H29FN6O3/c1-14-15(2)31-22-5-4-16(9-19(14)22)8-18-10-17(26(29)35)6-7-34(18)27(36)24-12-23(32-33-24)20-11-25(37-3)30-13-21(20)28/h4-5,9,11-13,17-18,31H,6-8,10H2,1-3H3,(H2,29,35)(H,32,33). The van der Waals surface area contributed by atoms with Crippen molar-refractivity contribution in [3.05, 3.63) is 64.9 Å². The van der Waals surface area contributed by atoms with Gasteiger partial charge in [0.2, 0.25) is 11.8 Å². The summed E-state index contributed by atoms with van der Waals surface area (Å²) in [4.78, 5) is 34.6. The minimum absolute atomic E-state index is 0.177. The van der Waals surface area contributed by atoms with E-state index >= 15 is 0 Å². The van der Waals surface area contributed by atoms with Gasteiger partial charge in [0.25, 0.3) is 5.91 Å². The first kappa shape index (κ1) is 24.5. The van der Waals surface area contributed by atoms with Crippen LogP contribution in [0.4, 0.5) is 4.39 Å². The number of hydrogen-bond donors (Lipinski definition) is 3. The quantitative estimate of drug-likeness (QED) is 0.369. The fraction of sp³-hybridized carbons (Fsp3) is 0.333. The number of piperidine rings is 1. The number of aromatic nitrogens is 4. The van der Waals surface area contributed by atoms with Gasteiger partial charge in [0.05, 0.1) is 19.0 Å². The molecule has 4 N–H and O–H groups in total. The number of methoxy groups -OCH3 is 1. The molecule has 1 fully saturated rings. The zero-order valence-corrected chi connectivity index (χ0v) is 21.0. The molecule has 4 heterocycles. The van der Waals surface area contributed by atoms with Gasteiger partial charge in [-0.2, -0.15) is 5.10 Å². The van der Waals surface area contributed by atoms with E-state index in [1.54, 1.807) is 4.90 Å². The van der Waals surface area contributed by atoms with E-state index in [0.29, 0.717) is 25.8 Å². The number of aromatic amines is 2. The van der Waals surface area contributed by atoms with Gasteiger partial charge in [-0.1, -0.05) is 6.07 Å². The van der Waals surface area contributed by atoms with E-state index in [1.807, 2.05) is 19.1 Å². The Morgan fingerprint density at radius 1 is 1.24 bits per heavy atom. The van der Waals surface area contributed by atoms with Crippen LogP contribution in [0.15, 0.2) is 36.5 Å². The Kier molecular flexibility index (Phi) is 6.41. The summed E-state index contributed by atoms with van der Waals surface area (Å²) >= 11 is 0. The third kappa shape index (κ3) is 4.66. The number of primary amides is 1. The topological polar surface area (TPSA) is 130 Å². The number of nitrogens with zero attached hydrogens (tertiary/aromatic N) is 3. The molecule has 1 aliphatic heterocycles. The third-order valence-electron chi connectivity index (χ3n) is 7.35. The van der Waals surface area contributed by atoms with Crippen LogP contribution in [-0.4, -0.2) is 56.6 Å². The minimum atomic E-state index is -0.572. The number of ether oxygens (including phenoxy) is 1. The van der Waals surface area contributed by atoms with Crippen LogP contribution in [0.1, 0.15) is 40.2 Å². The first-order chi connectivity index (χ1) is 17.7. The van der Waals surface area contributed by atoms with E-state index in [1.165, 1.54) is 24.8 Å². The summed E-state index contributed by atoms with van der Waals surface area (Å²) in [6.07, 6.45) is 2.59. The molecule has 5 rings (SSSR count). The van der Waals surface area contributed by atoms with E-state index < -0.39 is 5.82 Å². The third-order valence-corrected chi connectivity index (χ3v) is 7.35. The second-order valence-electron chi connectivity index (χ2n) is 9.61. The van der Waals surface area contributed by atoms with Crippen LogP contribution in [0.5, 0.6) is 5.88 Å². The molecule has 3 aromatic heterocycles. The highest BCUT2D eigenvalue weighted by molar-refractivity contribution is 5.94. The van der Waals surface area contributed by atoms with E-state index in [4.69, 9.17) is 10.5 Å². The number of amides is 2. The number of aryl methyl sites for hydroxylation is 2. The van der Waals surface area contributed by atoms with E-state index in [-0.39, 0.29) is 46.6 Å². The number of pyridine rings is 1. The Balaban J connectivity index is 1.43. The number of H-pyrrole nitrogens is 2. The molecule has 0 saturated carbocycles. The van der Waals surface area contributed by atoms with Gasteiger partial charge >= 0.3 is 0 Å². The smallest absolute Gasteiger partial charge is 0.272 e. The monoisotopic (exact) mass is 504 g/mol. The van der Waals surface area contributed by atoms with Crippen LogP contribution in [0.2, 0.25) is 0 Å². The maximum absolute atomic E-state index is 14.4. The van der Waals surface area contributed by atoms with Crippen molar-refractivity contribution >= 4 is 22.7 Å². The Hall–Kier alpha value is -4.21. The maximum Gasteiger partial charge on any atom is 0.272 e. The molecule has 1 aliphatic rings. The first-order valence-corrected chi connectivity index (χ1v) is 12.2. The van der Waals surface area contributed by atoms with Crippen molar-refractivity contribution in [2.75, 3.05) is 13.7 Å². The predicted octanol–water partition coefficient (Wildman–Crippen LogP) is 3.67. The van der Waals surface area contributed by atoms with Crippen LogP contribution in [0.25, 0.3) is 22.2 Å². The first-order valence-electron chi connectivity index (χ1n) is 12.2. The van der Waals surface area contributed by atoms with E-state index in [2.05, 4.69) is 33.2 Å². The molecule has 0 aliphatic carbocycles. The lowest BCUT2D eigenvalue weighted by molar-refractivity contribution is -0.123. The highest BCUT2D eigenvalue weighted by Crippen LogP contribution is 2.30. The molecular formula is C27H29FN6O3. The molecule has 9 nitrogen and oxygen atoms in total. The van der Waals surface area contributed by atoms with Gasteiger partial charge in [-0.25, -0.2) is 9.37 Å². The second-order valence-corrected chi connectivity index (χ2v) is 9.61. The lowest BCUT2D eigenvalue weighted by Crippen LogP contribution is -2.49. The largest absolute Gasteiger partial charge is 0.481 e. The summed E-state index contributed by atoms with van der Waals surface area (Å²) in [5.74, 6) is -1.24. The number of fused-ring (bicyclic) bond motifs is 1. The number of benzene rings is 1. The zero-order valence-electron chi connectivity index (χ0n) is 21.0. The summed E-state index contributed by atoms with van der Waals surface area (Å²) in [5, 5.41) is 8.06. The molecular weight excluding hydrogens is 475 g/mol. The van der Waals surface area contributed by atoms with E-state index in [0.717, 1.165) is 28.4 Å². The second kappa shape index (κ2) is 9.68. The van der Waals surface area contributed by atoms with Gasteiger partial charge in [0, 0.05) is 46.7 Å². The summed E-state index contributed by atoms with van der Waals surface area (Å²) in [5.41, 5.74) is 10.8. The van der Waals surface area contributed by atoms with Crippen molar-refractivity contribution < 1.29 is 18.7 Å². The molecule has 0 radical (unpaired) electrons. The zero-order chi connectivity index (χ0) is 26.3. The number of rotatable bonds is 6. The highest BCUT2D eigenvalue weighted by Gasteiger charge is 2.35. The van der Waals surface area contributed by atoms with Gasteiger partial charge in [0.15, 0.2) is 5.82 Å². The molecule has 0 bridgehead atoms. The summed E-state index contributed by atoms with van der Waals surface area (Å²) in [6, 6.07) is 8.95. The SMILES string of the molecule is COc1cc(-c2cc(C(=O)N3CCC(C(N)=O)CC3Cc3ccc4[nH]c(C)c(C)c4c3)[nH]n2)c(F)cn1. The van der Waals surface area contributed by atoms with Crippen molar-refractivity contribution in [2.24, 2.45) is 11.7 Å². The van der Waals surface area contributed by atoms with Crippen molar-refractivity contribution in [3.8, 4) is 17.1 Å². The van der Waals surface area contributed by atoms with Crippen molar-refractivity contribution in [1.29, 1.82) is 0 Å². The molecule has 1 aromatic carbocycles. The number of halogens is 1. The average molecular weight is 505 g/mol. The van der Waals surface area contributed by atoms with Gasteiger partial charge in [-0.3, -0.25) is 14.7 Å². The van der Waals surface area contributed by atoms with Gasteiger partial charge in [-0.05, 0) is 62.4 Å². The highest BCUT2D eigenvalue weighted by atomic mass is 19.1. The number of carbonyl (C=O) groups is 2. The van der Waals surface area contributed by atoms with Gasteiger partial charge in [-0.15, -0.1) is 0 Å². The van der Waals surface area contributed by atoms with E-state index in [9.17, 15) is 14.0 Å². The van der Waals surface area contributed by atoms with Crippen LogP contribution in [-0.2, 0) is 11.2 Å². The lowest BCUT2D eigenvalue weighted by atomic mass is 9.86. The number of nitrogens with two attached hydrogens (primary N) is 1. The van der Waals surface area contributed by atoms with Crippen LogP contribution < -0.4 is 10.5 Å². The molecule has 2 unspecified atom stereocenters. The van der Waals surface area contributed by atoms with Gasteiger partial charge < -0.3 is 20.4 Å². The molecule has 192 valence electrons. The molecule has 4 aromatic rings. The number of nitrogens with one attached hydrogen (secondary N) is 2. The Labute approximate surface area is 213 Å². The summed E-state index contributed by atoms with van der Waals surface area (Å²) < 4.78 is 19.5. The maximum atomic E-state index is 14.4. The molecule has 0 spiro atoms. The molecule has 2 amide bonds. The Morgan fingerprint density at radius 3 is 2.81 bits per heavy atom. The average Bonchev–Trinajstić information content (AvgIpc) is 3.49. The molecule has 10 heteroatoms. The Morgan fingerprint density at radius 2 is 2.05 bits per heavy atom. The predicted molar refractivity (Wildman–Crippen MR) is 137 cm³/mol.